The summed E-state index contributed by atoms with van der Waals surface area (Å²) in [5.74, 6) is 0.737. The van der Waals surface area contributed by atoms with Crippen LogP contribution >= 0.6 is 11.3 Å². The van der Waals surface area contributed by atoms with Crippen LogP contribution in [0.2, 0.25) is 0 Å². The van der Waals surface area contributed by atoms with E-state index in [1.54, 1.807) is 29.7 Å². The van der Waals surface area contributed by atoms with E-state index in [-0.39, 0.29) is 5.82 Å². The normalized spacial score (nSPS) is 15.5. The van der Waals surface area contributed by atoms with Crippen LogP contribution in [0.4, 0.5) is 15.3 Å². The summed E-state index contributed by atoms with van der Waals surface area (Å²) in [6.45, 7) is 3.59. The minimum Gasteiger partial charge on any atom is -0.598 e. The molecule has 1 atom stereocenters. The highest BCUT2D eigenvalue weighted by Crippen LogP contribution is 2.34. The highest BCUT2D eigenvalue weighted by Gasteiger charge is 2.22. The topological polar surface area (TPSA) is 59.7 Å². The molecule has 1 aliphatic heterocycles. The summed E-state index contributed by atoms with van der Waals surface area (Å²) in [5.41, 5.74) is 6.02. The number of imidazole rings is 1. The number of rotatable bonds is 6. The molecule has 1 aliphatic rings. The number of pyridine rings is 1. The van der Waals surface area contributed by atoms with E-state index in [4.69, 9.17) is 9.97 Å². The second-order valence-corrected chi connectivity index (χ2v) is 10.5. The highest BCUT2D eigenvalue weighted by atomic mass is 32.2. The fourth-order valence-corrected chi connectivity index (χ4v) is 5.71. The Morgan fingerprint density at radius 2 is 1.91 bits per heavy atom. The number of anilines is 2. The number of nitrogens with zero attached hydrogens (tertiary/aromatic N) is 5. The number of hydrogen-bond donors (Lipinski definition) is 0. The smallest absolute Gasteiger partial charge is 0.191 e. The van der Waals surface area contributed by atoms with Crippen molar-refractivity contribution in [2.75, 3.05) is 31.3 Å². The maximum Gasteiger partial charge on any atom is 0.191 e. The van der Waals surface area contributed by atoms with Crippen molar-refractivity contribution in [3.05, 3.63) is 71.1 Å². The Bertz CT molecular complexity index is 1350. The van der Waals surface area contributed by atoms with E-state index < -0.39 is 11.4 Å². The first kappa shape index (κ1) is 23.0. The highest BCUT2D eigenvalue weighted by molar-refractivity contribution is 7.88. The van der Waals surface area contributed by atoms with Crippen molar-refractivity contribution in [2.24, 2.45) is 0 Å². The fraction of sp³-hybridized carbons (Fsp3) is 0.280. The predicted octanol–water partition coefficient (Wildman–Crippen LogP) is 5.31. The van der Waals surface area contributed by atoms with Crippen LogP contribution in [0.15, 0.2) is 54.1 Å². The molecule has 0 bridgehead atoms. The van der Waals surface area contributed by atoms with E-state index in [0.717, 1.165) is 58.5 Å². The molecule has 176 valence electrons. The van der Waals surface area contributed by atoms with E-state index in [9.17, 15) is 8.94 Å². The molecule has 0 radical (unpaired) electrons. The zero-order valence-electron chi connectivity index (χ0n) is 19.4. The van der Waals surface area contributed by atoms with Gasteiger partial charge in [0.1, 0.15) is 23.5 Å². The summed E-state index contributed by atoms with van der Waals surface area (Å²) in [6.07, 6.45) is 7.70. The van der Waals surface area contributed by atoms with Crippen LogP contribution in [-0.2, 0) is 17.8 Å². The monoisotopic (exact) mass is 495 g/mol. The van der Waals surface area contributed by atoms with Crippen LogP contribution in [0.3, 0.4) is 0 Å². The number of halogens is 1. The van der Waals surface area contributed by atoms with Gasteiger partial charge in [0.05, 0.1) is 17.9 Å². The van der Waals surface area contributed by atoms with E-state index >= 15 is 0 Å². The first-order valence-electron chi connectivity index (χ1n) is 11.2. The number of fused-ring (bicyclic) bond motifs is 1. The van der Waals surface area contributed by atoms with Crippen LogP contribution < -0.4 is 4.90 Å². The molecule has 0 aliphatic carbocycles. The van der Waals surface area contributed by atoms with Gasteiger partial charge < -0.3 is 9.45 Å². The number of aryl methyl sites for hydroxylation is 1. The third kappa shape index (κ3) is 4.36. The lowest BCUT2D eigenvalue weighted by molar-refractivity contribution is 0.445. The Morgan fingerprint density at radius 3 is 2.59 bits per heavy atom. The number of aromatic nitrogens is 3. The van der Waals surface area contributed by atoms with Crippen LogP contribution in [0, 0.1) is 5.82 Å². The number of benzene rings is 1. The molecule has 0 amide bonds. The molecule has 4 aromatic rings. The van der Waals surface area contributed by atoms with Crippen molar-refractivity contribution in [2.45, 2.75) is 19.8 Å². The molecule has 4 heterocycles. The zero-order chi connectivity index (χ0) is 23.8. The lowest BCUT2D eigenvalue weighted by Gasteiger charge is -2.25. The van der Waals surface area contributed by atoms with Crippen molar-refractivity contribution in [3.8, 4) is 11.3 Å². The van der Waals surface area contributed by atoms with Gasteiger partial charge in [0.25, 0.3) is 0 Å². The number of thiazole rings is 1. The Hall–Kier alpha value is -2.72. The van der Waals surface area contributed by atoms with Gasteiger partial charge in [-0.1, -0.05) is 13.0 Å². The quantitative estimate of drug-likeness (QED) is 0.339. The van der Waals surface area contributed by atoms with Gasteiger partial charge in [-0.3, -0.25) is 4.40 Å². The molecule has 5 rings (SSSR count). The lowest BCUT2D eigenvalue weighted by Crippen LogP contribution is -2.33. The van der Waals surface area contributed by atoms with E-state index in [0.29, 0.717) is 6.54 Å². The van der Waals surface area contributed by atoms with Crippen LogP contribution in [0.5, 0.6) is 0 Å². The van der Waals surface area contributed by atoms with Crippen LogP contribution in [-0.4, -0.2) is 49.6 Å². The minimum absolute atomic E-state index is 0.255. The van der Waals surface area contributed by atoms with Gasteiger partial charge in [-0.05, 0) is 60.4 Å². The fourth-order valence-electron chi connectivity index (χ4n) is 4.27. The van der Waals surface area contributed by atoms with Gasteiger partial charge >= 0.3 is 0 Å². The second-order valence-electron chi connectivity index (χ2n) is 8.25. The van der Waals surface area contributed by atoms with Crippen molar-refractivity contribution in [1.29, 1.82) is 0 Å². The lowest BCUT2D eigenvalue weighted by atomic mass is 10.0. The summed E-state index contributed by atoms with van der Waals surface area (Å²) >= 11 is 0.607. The molecule has 6 nitrogen and oxygen atoms in total. The Morgan fingerprint density at radius 1 is 1.15 bits per heavy atom. The van der Waals surface area contributed by atoms with Crippen molar-refractivity contribution >= 4 is 44.9 Å². The molecular formula is C25H26FN5OS2. The molecule has 0 saturated heterocycles. The molecule has 34 heavy (non-hydrogen) atoms. The van der Waals surface area contributed by atoms with Crippen LogP contribution in [0.25, 0.3) is 22.5 Å². The van der Waals surface area contributed by atoms with E-state index in [2.05, 4.69) is 40.6 Å². The molecule has 0 fully saturated rings. The van der Waals surface area contributed by atoms with Gasteiger partial charge in [0.2, 0.25) is 0 Å². The summed E-state index contributed by atoms with van der Waals surface area (Å²) < 4.78 is 29.2. The third-order valence-corrected chi connectivity index (χ3v) is 8.12. The minimum atomic E-state index is -0.945. The predicted molar refractivity (Wildman–Crippen MR) is 138 cm³/mol. The zero-order valence-corrected chi connectivity index (χ0v) is 21.0. The molecule has 9 heteroatoms. The van der Waals surface area contributed by atoms with Crippen molar-refractivity contribution in [1.82, 2.24) is 18.7 Å². The van der Waals surface area contributed by atoms with Crippen molar-refractivity contribution in [3.63, 3.8) is 0 Å². The average molecular weight is 496 g/mol. The van der Waals surface area contributed by atoms with Crippen molar-refractivity contribution < 1.29 is 8.94 Å². The van der Waals surface area contributed by atoms with Crippen LogP contribution in [0.1, 0.15) is 24.6 Å². The second kappa shape index (κ2) is 9.50. The average Bonchev–Trinajstić information content (AvgIpc) is 3.49. The molecule has 3 aromatic heterocycles. The van der Waals surface area contributed by atoms with Gasteiger partial charge in [-0.2, -0.15) is 0 Å². The summed E-state index contributed by atoms with van der Waals surface area (Å²) in [4.78, 5) is 11.8. The van der Waals surface area contributed by atoms with Gasteiger partial charge in [-0.25, -0.2) is 14.4 Å². The molecule has 0 N–H and O–H groups in total. The maximum absolute atomic E-state index is 13.3. The molecule has 1 aromatic carbocycles. The first-order chi connectivity index (χ1) is 16.4. The first-order valence-corrected chi connectivity index (χ1v) is 13.6. The Balaban J connectivity index is 1.50. The van der Waals surface area contributed by atoms with E-state index in [1.807, 2.05) is 16.7 Å². The standard InChI is InChI=1S/C25H26FN5OS2/c1-4-21-24(29(2)25-28-22(16-33-25)18-5-8-20(26)9-6-18)31-15-19(7-10-23(31)27-21)17-11-13-30(14-12-17)34(3)32/h5-11,15-16H,4,12-14H2,1-3H3. The number of hydrogen-bond acceptors (Lipinski definition) is 6. The Labute approximate surface area is 205 Å². The van der Waals surface area contributed by atoms with Gasteiger partial charge in [0.15, 0.2) is 5.13 Å². The summed E-state index contributed by atoms with van der Waals surface area (Å²) in [5, 5.41) is 2.84. The summed E-state index contributed by atoms with van der Waals surface area (Å²) in [7, 11) is 2.01. The largest absolute Gasteiger partial charge is 0.598 e. The summed E-state index contributed by atoms with van der Waals surface area (Å²) in [6, 6.07) is 10.6. The third-order valence-electron chi connectivity index (χ3n) is 6.14. The molecular weight excluding hydrogens is 469 g/mol. The van der Waals surface area contributed by atoms with E-state index in [1.165, 1.54) is 17.7 Å². The van der Waals surface area contributed by atoms with Gasteiger partial charge in [0, 0.05) is 42.1 Å². The maximum atomic E-state index is 13.3. The Kier molecular flexibility index (Phi) is 6.44. The molecule has 1 unspecified atom stereocenters. The SMILES string of the molecule is CCc1nc2ccc(C3=CCN([S+](C)[O-])CC3)cn2c1N(C)c1nc(-c2ccc(F)cc2)cs1. The molecule has 0 spiro atoms. The van der Waals surface area contributed by atoms with Gasteiger partial charge in [-0.15, -0.1) is 15.6 Å². The molecule has 0 saturated carbocycles.